The van der Waals surface area contributed by atoms with Gasteiger partial charge in [-0.05, 0) is 32.9 Å². The number of nitrogens with zero attached hydrogens (tertiary/aromatic N) is 2. The van der Waals surface area contributed by atoms with Crippen molar-refractivity contribution in [1.82, 2.24) is 9.71 Å². The third kappa shape index (κ3) is 3.65. The smallest absolute Gasteiger partial charge is 0.405 e. The van der Waals surface area contributed by atoms with Gasteiger partial charge in [-0.15, -0.1) is 0 Å². The van der Waals surface area contributed by atoms with Crippen molar-refractivity contribution in [3.63, 3.8) is 0 Å². The average molecular weight is 335 g/mol. The van der Waals surface area contributed by atoms with E-state index in [1.807, 2.05) is 0 Å². The Bertz CT molecular complexity index is 674. The molecule has 0 aliphatic heterocycles. The van der Waals surface area contributed by atoms with Crippen LogP contribution in [0.5, 0.6) is 5.75 Å². The Labute approximate surface area is 130 Å². The van der Waals surface area contributed by atoms with E-state index in [1.54, 1.807) is 13.8 Å². The van der Waals surface area contributed by atoms with Crippen LogP contribution in [0.25, 0.3) is 11.3 Å². The lowest BCUT2D eigenvalue weighted by Crippen LogP contribution is -2.17. The van der Waals surface area contributed by atoms with Crippen molar-refractivity contribution in [2.75, 3.05) is 0 Å². The monoisotopic (exact) mass is 334 g/mol. The van der Waals surface area contributed by atoms with Crippen LogP contribution < -0.4 is 9.57 Å². The van der Waals surface area contributed by atoms with E-state index in [2.05, 4.69) is 9.82 Å². The van der Waals surface area contributed by atoms with Crippen LogP contribution in [0.4, 0.5) is 13.2 Å². The highest BCUT2D eigenvalue weighted by Crippen LogP contribution is 2.33. The molecule has 2 rings (SSSR count). The number of benzene rings is 1. The standard InChI is InChI=1S/C14H14ClF3N2O2/c1-7(2)21-13-4-9(11(16)5-10(13)15)12-6-20(8(3)19-12)22-14(17)18/h4-7,14H,1-3H3. The van der Waals surface area contributed by atoms with Crippen LogP contribution in [0, 0.1) is 12.7 Å². The minimum atomic E-state index is -3.00. The van der Waals surface area contributed by atoms with E-state index in [0.717, 1.165) is 10.8 Å². The van der Waals surface area contributed by atoms with E-state index in [-0.39, 0.29) is 34.0 Å². The van der Waals surface area contributed by atoms with Crippen LogP contribution in [0.15, 0.2) is 18.3 Å². The van der Waals surface area contributed by atoms with Crippen molar-refractivity contribution in [3.05, 3.63) is 35.0 Å². The van der Waals surface area contributed by atoms with Crippen LogP contribution in [0.1, 0.15) is 19.7 Å². The fourth-order valence-electron chi connectivity index (χ4n) is 1.85. The molecule has 0 aliphatic rings. The van der Waals surface area contributed by atoms with Crippen molar-refractivity contribution in [2.24, 2.45) is 0 Å². The molecule has 0 atom stereocenters. The predicted molar refractivity (Wildman–Crippen MR) is 75.7 cm³/mol. The maximum Gasteiger partial charge on any atom is 0.405 e. The molecule has 0 radical (unpaired) electrons. The summed E-state index contributed by atoms with van der Waals surface area (Å²) in [5.41, 5.74) is 0.223. The Hall–Kier alpha value is -1.89. The van der Waals surface area contributed by atoms with Gasteiger partial charge in [0, 0.05) is 5.56 Å². The fourth-order valence-corrected chi connectivity index (χ4v) is 2.04. The molecule has 1 aromatic carbocycles. The molecule has 0 N–H and O–H groups in total. The maximum atomic E-state index is 14.1. The van der Waals surface area contributed by atoms with E-state index in [1.165, 1.54) is 19.2 Å². The Morgan fingerprint density at radius 3 is 2.55 bits per heavy atom. The Morgan fingerprint density at radius 1 is 1.27 bits per heavy atom. The molecule has 4 nitrogen and oxygen atoms in total. The Balaban J connectivity index is 2.43. The fraction of sp³-hybridized carbons (Fsp3) is 0.357. The number of hydrogen-bond acceptors (Lipinski definition) is 3. The highest BCUT2D eigenvalue weighted by Gasteiger charge is 2.17. The first-order valence-electron chi connectivity index (χ1n) is 6.45. The molecule has 0 unspecified atom stereocenters. The lowest BCUT2D eigenvalue weighted by Gasteiger charge is -2.12. The SMILES string of the molecule is Cc1nc(-c2cc(OC(C)C)c(Cl)cc2F)cn1OC(F)F. The van der Waals surface area contributed by atoms with Gasteiger partial charge < -0.3 is 9.57 Å². The molecule has 0 aliphatic carbocycles. The summed E-state index contributed by atoms with van der Waals surface area (Å²) < 4.78 is 44.9. The first-order chi connectivity index (χ1) is 10.3. The molecule has 0 bridgehead atoms. The number of hydrogen-bond donors (Lipinski definition) is 0. The largest absolute Gasteiger partial charge is 0.489 e. The zero-order valence-electron chi connectivity index (χ0n) is 12.1. The van der Waals surface area contributed by atoms with E-state index in [0.29, 0.717) is 0 Å². The van der Waals surface area contributed by atoms with Crippen molar-refractivity contribution in [3.8, 4) is 17.0 Å². The molecule has 1 aromatic heterocycles. The first-order valence-corrected chi connectivity index (χ1v) is 6.83. The molecule has 1 heterocycles. The van der Waals surface area contributed by atoms with Gasteiger partial charge in [0.25, 0.3) is 0 Å². The topological polar surface area (TPSA) is 36.3 Å². The summed E-state index contributed by atoms with van der Waals surface area (Å²) in [6.45, 7) is 2.06. The highest BCUT2D eigenvalue weighted by atomic mass is 35.5. The van der Waals surface area contributed by atoms with Gasteiger partial charge in [0.15, 0.2) is 0 Å². The minimum Gasteiger partial charge on any atom is -0.489 e. The van der Waals surface area contributed by atoms with Crippen LogP contribution in [0.3, 0.4) is 0 Å². The second-order valence-electron chi connectivity index (χ2n) is 4.79. The number of aryl methyl sites for hydroxylation is 1. The summed E-state index contributed by atoms with van der Waals surface area (Å²) in [6, 6.07) is 2.48. The van der Waals surface area contributed by atoms with Crippen molar-refractivity contribution >= 4 is 11.6 Å². The number of rotatable bonds is 5. The lowest BCUT2D eigenvalue weighted by atomic mass is 10.1. The summed E-state index contributed by atoms with van der Waals surface area (Å²) >= 11 is 5.92. The summed E-state index contributed by atoms with van der Waals surface area (Å²) in [7, 11) is 0. The number of imidazole rings is 1. The molecule has 0 fully saturated rings. The van der Waals surface area contributed by atoms with Crippen LogP contribution in [-0.4, -0.2) is 22.4 Å². The third-order valence-electron chi connectivity index (χ3n) is 2.69. The molecule has 0 saturated heterocycles. The minimum absolute atomic E-state index is 0.0831. The molecular weight excluding hydrogens is 321 g/mol. The number of ether oxygens (including phenoxy) is 1. The van der Waals surface area contributed by atoms with Gasteiger partial charge in [0.2, 0.25) is 0 Å². The first kappa shape index (κ1) is 16.5. The molecule has 0 amide bonds. The van der Waals surface area contributed by atoms with Crippen molar-refractivity contribution in [1.29, 1.82) is 0 Å². The molecule has 0 saturated carbocycles. The molecule has 0 spiro atoms. The molecular formula is C14H14ClF3N2O2. The zero-order chi connectivity index (χ0) is 16.4. The van der Waals surface area contributed by atoms with Gasteiger partial charge in [0.05, 0.1) is 23.0 Å². The zero-order valence-corrected chi connectivity index (χ0v) is 12.9. The van der Waals surface area contributed by atoms with Gasteiger partial charge in [-0.2, -0.15) is 13.5 Å². The van der Waals surface area contributed by atoms with Gasteiger partial charge in [0.1, 0.15) is 17.4 Å². The number of alkyl halides is 2. The van der Waals surface area contributed by atoms with Crippen molar-refractivity contribution in [2.45, 2.75) is 33.5 Å². The van der Waals surface area contributed by atoms with Gasteiger partial charge in [-0.1, -0.05) is 11.6 Å². The van der Waals surface area contributed by atoms with E-state index >= 15 is 0 Å². The molecule has 8 heteroatoms. The number of halogens is 4. The van der Waals surface area contributed by atoms with Crippen LogP contribution in [0.2, 0.25) is 5.02 Å². The number of aromatic nitrogens is 2. The third-order valence-corrected chi connectivity index (χ3v) is 2.99. The quantitative estimate of drug-likeness (QED) is 0.826. The van der Waals surface area contributed by atoms with Crippen LogP contribution in [-0.2, 0) is 0 Å². The average Bonchev–Trinajstić information content (AvgIpc) is 2.73. The van der Waals surface area contributed by atoms with E-state index < -0.39 is 12.4 Å². The summed E-state index contributed by atoms with van der Waals surface area (Å²) in [5, 5.41) is 0.120. The van der Waals surface area contributed by atoms with E-state index in [9.17, 15) is 13.2 Å². The summed E-state index contributed by atoms with van der Waals surface area (Å²) in [4.78, 5) is 8.26. The predicted octanol–water partition coefficient (Wildman–Crippen LogP) is 4.09. The van der Waals surface area contributed by atoms with Gasteiger partial charge in [-0.25, -0.2) is 9.37 Å². The summed E-state index contributed by atoms with van der Waals surface area (Å²) in [6.07, 6.45) is 1.02. The molecule has 22 heavy (non-hydrogen) atoms. The van der Waals surface area contributed by atoms with Crippen molar-refractivity contribution < 1.29 is 22.7 Å². The molecule has 2 aromatic rings. The maximum absolute atomic E-state index is 14.1. The molecule has 120 valence electrons. The lowest BCUT2D eigenvalue weighted by molar-refractivity contribution is -0.134. The second kappa shape index (κ2) is 6.48. The second-order valence-corrected chi connectivity index (χ2v) is 5.20. The Kier molecular flexibility index (Phi) is 4.85. The van der Waals surface area contributed by atoms with Crippen LogP contribution >= 0.6 is 11.6 Å². The summed E-state index contributed by atoms with van der Waals surface area (Å²) in [5.74, 6) is -0.186. The van der Waals surface area contributed by atoms with E-state index in [4.69, 9.17) is 16.3 Å². The highest BCUT2D eigenvalue weighted by molar-refractivity contribution is 6.32. The Morgan fingerprint density at radius 2 is 1.95 bits per heavy atom. The normalized spacial score (nSPS) is 11.3. The van der Waals surface area contributed by atoms with Gasteiger partial charge in [-0.3, -0.25) is 0 Å². The van der Waals surface area contributed by atoms with Gasteiger partial charge >= 0.3 is 6.61 Å².